The molecule has 11 nitrogen and oxygen atoms in total. The lowest BCUT2D eigenvalue weighted by Gasteiger charge is -2.38. The van der Waals surface area contributed by atoms with Crippen LogP contribution in [-0.4, -0.2) is 88.2 Å². The third kappa shape index (κ3) is 4.81. The molecule has 0 saturated carbocycles. The van der Waals surface area contributed by atoms with Crippen molar-refractivity contribution >= 4 is 50.9 Å². The largest absolute Gasteiger partial charge is 0.481 e. The normalized spacial score (nSPS) is 17.4. The molecular weight excluding hydrogens is 506 g/mol. The van der Waals surface area contributed by atoms with E-state index in [2.05, 4.69) is 4.98 Å². The first-order valence-electron chi connectivity index (χ1n) is 12.8. The first-order valence-corrected chi connectivity index (χ1v) is 13.6. The second-order valence-electron chi connectivity index (χ2n) is 9.72. The number of benzene rings is 1. The molecule has 3 aromatic rings. The lowest BCUT2D eigenvalue weighted by atomic mass is 9.97. The molecule has 4 heterocycles. The fourth-order valence-corrected chi connectivity index (χ4v) is 6.05. The fraction of sp³-hybridized carbons (Fsp3) is 0.462. The van der Waals surface area contributed by atoms with Crippen molar-refractivity contribution in [1.29, 1.82) is 0 Å². The van der Waals surface area contributed by atoms with Crippen molar-refractivity contribution in [3.8, 4) is 11.1 Å². The van der Waals surface area contributed by atoms with Gasteiger partial charge >= 0.3 is 12.0 Å². The third-order valence-electron chi connectivity index (χ3n) is 7.17. The first kappa shape index (κ1) is 26.0. The van der Waals surface area contributed by atoms with Crippen LogP contribution in [0.4, 0.5) is 15.9 Å². The Morgan fingerprint density at radius 2 is 1.95 bits per heavy atom. The number of hydrogen-bond acceptors (Lipinski definition) is 9. The number of aromatic nitrogens is 3. The zero-order chi connectivity index (χ0) is 27.0. The number of hydrogen-bond donors (Lipinski definition) is 1. The van der Waals surface area contributed by atoms with E-state index in [1.807, 2.05) is 42.8 Å². The van der Waals surface area contributed by atoms with E-state index in [0.29, 0.717) is 74.4 Å². The smallest absolute Gasteiger partial charge is 0.328 e. The number of thiazole rings is 1. The average Bonchev–Trinajstić information content (AvgIpc) is 3.37. The van der Waals surface area contributed by atoms with Gasteiger partial charge in [-0.15, -0.1) is 0 Å². The van der Waals surface area contributed by atoms with Crippen LogP contribution in [0.3, 0.4) is 0 Å². The topological polar surface area (TPSA) is 123 Å². The maximum atomic E-state index is 13.0. The summed E-state index contributed by atoms with van der Waals surface area (Å²) in [5.74, 6) is -0.477. The second kappa shape index (κ2) is 10.6. The van der Waals surface area contributed by atoms with Gasteiger partial charge in [-0.2, -0.15) is 0 Å². The van der Waals surface area contributed by atoms with Gasteiger partial charge in [-0.1, -0.05) is 18.3 Å². The Bertz CT molecular complexity index is 1390. The number of anilines is 2. The Balaban J connectivity index is 1.48. The van der Waals surface area contributed by atoms with Crippen molar-refractivity contribution in [2.24, 2.45) is 5.92 Å². The van der Waals surface area contributed by atoms with E-state index < -0.39 is 5.97 Å². The maximum Gasteiger partial charge on any atom is 0.328 e. The molecule has 2 aliphatic heterocycles. The Morgan fingerprint density at radius 1 is 1.18 bits per heavy atom. The number of carbonyl (C=O) groups is 3. The summed E-state index contributed by atoms with van der Waals surface area (Å²) in [5, 5.41) is 9.84. The number of carboxylic acids is 1. The summed E-state index contributed by atoms with van der Waals surface area (Å²) in [6.45, 7) is 6.75. The molecule has 0 unspecified atom stereocenters. The zero-order valence-corrected chi connectivity index (χ0v) is 22.6. The van der Waals surface area contributed by atoms with E-state index in [9.17, 15) is 19.5 Å². The summed E-state index contributed by atoms with van der Waals surface area (Å²) in [7, 11) is 1.95. The van der Waals surface area contributed by atoms with Crippen molar-refractivity contribution < 1.29 is 19.5 Å². The van der Waals surface area contributed by atoms with Crippen LogP contribution in [0.1, 0.15) is 42.7 Å². The number of urea groups is 1. The molecule has 1 aromatic carbocycles. The number of aliphatic carboxylic acids is 1. The molecule has 2 amide bonds. The SMILES string of the molecule is CCc1nc(N2CCC(C(=O)O)CC2)ncc1-c1cc(C=O)c2sc(N3CN(C)CN(CC)C3=O)nc2c1. The number of aldehydes is 1. The summed E-state index contributed by atoms with van der Waals surface area (Å²) in [4.78, 5) is 58.0. The minimum absolute atomic E-state index is 0.0952. The van der Waals surface area contributed by atoms with Crippen LogP contribution in [0.2, 0.25) is 0 Å². The number of rotatable bonds is 7. The molecule has 2 saturated heterocycles. The highest BCUT2D eigenvalue weighted by Gasteiger charge is 2.31. The highest BCUT2D eigenvalue weighted by atomic mass is 32.1. The number of fused-ring (bicyclic) bond motifs is 1. The van der Waals surface area contributed by atoms with Crippen LogP contribution >= 0.6 is 11.3 Å². The quantitative estimate of drug-likeness (QED) is 0.451. The van der Waals surface area contributed by atoms with E-state index in [0.717, 1.165) is 27.8 Å². The van der Waals surface area contributed by atoms with Crippen molar-refractivity contribution in [3.63, 3.8) is 0 Å². The van der Waals surface area contributed by atoms with Gasteiger partial charge in [0.05, 0.1) is 35.2 Å². The Morgan fingerprint density at radius 3 is 2.61 bits per heavy atom. The van der Waals surface area contributed by atoms with Crippen molar-refractivity contribution in [2.45, 2.75) is 33.1 Å². The van der Waals surface area contributed by atoms with Gasteiger partial charge in [0, 0.05) is 37.0 Å². The molecule has 1 N–H and O–H groups in total. The predicted molar refractivity (Wildman–Crippen MR) is 146 cm³/mol. The van der Waals surface area contributed by atoms with Gasteiger partial charge in [-0.05, 0) is 50.9 Å². The van der Waals surface area contributed by atoms with Crippen LogP contribution in [0.5, 0.6) is 0 Å². The molecule has 5 rings (SSSR count). The molecule has 12 heteroatoms. The maximum absolute atomic E-state index is 13.0. The van der Waals surface area contributed by atoms with Crippen molar-refractivity contribution in [1.82, 2.24) is 24.8 Å². The number of amides is 2. The van der Waals surface area contributed by atoms with Crippen LogP contribution in [0.25, 0.3) is 21.3 Å². The molecule has 200 valence electrons. The third-order valence-corrected chi connectivity index (χ3v) is 8.31. The highest BCUT2D eigenvalue weighted by molar-refractivity contribution is 7.22. The predicted octanol–water partition coefficient (Wildman–Crippen LogP) is 3.54. The lowest BCUT2D eigenvalue weighted by molar-refractivity contribution is -0.142. The summed E-state index contributed by atoms with van der Waals surface area (Å²) >= 11 is 1.34. The van der Waals surface area contributed by atoms with Gasteiger partial charge in [-0.25, -0.2) is 19.7 Å². The minimum atomic E-state index is -0.749. The molecule has 38 heavy (non-hydrogen) atoms. The Hall–Kier alpha value is -3.64. The van der Waals surface area contributed by atoms with Crippen molar-refractivity contribution in [3.05, 3.63) is 29.6 Å². The number of carbonyl (C=O) groups excluding carboxylic acids is 2. The highest BCUT2D eigenvalue weighted by Crippen LogP contribution is 2.36. The minimum Gasteiger partial charge on any atom is -0.481 e. The van der Waals surface area contributed by atoms with Gasteiger partial charge in [-0.3, -0.25) is 19.4 Å². The average molecular weight is 538 g/mol. The summed E-state index contributed by atoms with van der Waals surface area (Å²) in [6.07, 6.45) is 4.39. The number of piperidine rings is 1. The molecule has 2 aliphatic rings. The summed E-state index contributed by atoms with van der Waals surface area (Å²) in [5.41, 5.74) is 3.61. The van der Waals surface area contributed by atoms with E-state index in [-0.39, 0.29) is 11.9 Å². The molecule has 0 atom stereocenters. The van der Waals surface area contributed by atoms with Crippen LogP contribution in [0.15, 0.2) is 18.3 Å². The van der Waals surface area contributed by atoms with E-state index >= 15 is 0 Å². The number of nitrogens with zero attached hydrogens (tertiary/aromatic N) is 7. The van der Waals surface area contributed by atoms with E-state index in [1.165, 1.54) is 11.3 Å². The first-order chi connectivity index (χ1) is 18.3. The van der Waals surface area contributed by atoms with Gasteiger partial charge in [0.2, 0.25) is 5.95 Å². The second-order valence-corrected chi connectivity index (χ2v) is 10.7. The molecule has 0 radical (unpaired) electrons. The fourth-order valence-electron chi connectivity index (χ4n) is 5.05. The van der Waals surface area contributed by atoms with Crippen LogP contribution < -0.4 is 9.80 Å². The Kier molecular flexibility index (Phi) is 7.26. The summed E-state index contributed by atoms with van der Waals surface area (Å²) < 4.78 is 0.736. The van der Waals surface area contributed by atoms with Gasteiger partial charge < -0.3 is 14.9 Å². The molecule has 2 fully saturated rings. The zero-order valence-electron chi connectivity index (χ0n) is 21.8. The molecule has 0 aliphatic carbocycles. The van der Waals surface area contributed by atoms with Crippen LogP contribution in [-0.2, 0) is 11.2 Å². The standard InChI is InChI=1S/C26H31N7O4S/c1-4-20-19(12-27-24(28-20)32-8-6-16(7-9-32)23(35)36)17-10-18(13-34)22-21(11-17)29-25(38-22)33-15-30(3)14-31(5-2)26(33)37/h10-13,16H,4-9,14-15H2,1-3H3,(H,35,36). The molecule has 0 bridgehead atoms. The van der Waals surface area contributed by atoms with Gasteiger partial charge in [0.15, 0.2) is 11.4 Å². The van der Waals surface area contributed by atoms with Crippen molar-refractivity contribution in [2.75, 3.05) is 49.8 Å². The molecule has 0 spiro atoms. The number of carboxylic acid groups (broad SMARTS) is 1. The summed E-state index contributed by atoms with van der Waals surface area (Å²) in [6, 6.07) is 3.66. The van der Waals surface area contributed by atoms with Crippen LogP contribution in [0, 0.1) is 5.92 Å². The monoisotopic (exact) mass is 537 g/mol. The Labute approximate surface area is 224 Å². The van der Waals surface area contributed by atoms with E-state index in [1.54, 1.807) is 16.0 Å². The molecular formula is C26H31N7O4S. The molecule has 2 aromatic heterocycles. The lowest BCUT2D eigenvalue weighted by Crippen LogP contribution is -2.56. The van der Waals surface area contributed by atoms with Gasteiger partial charge in [0.1, 0.15) is 0 Å². The van der Waals surface area contributed by atoms with E-state index in [4.69, 9.17) is 9.97 Å². The van der Waals surface area contributed by atoms with Gasteiger partial charge in [0.25, 0.3) is 0 Å². The number of aryl methyl sites for hydroxylation is 1.